The molecule has 0 bridgehead atoms. The molecule has 0 aliphatic rings. The summed E-state index contributed by atoms with van der Waals surface area (Å²) in [6.07, 6.45) is 2.10. The predicted molar refractivity (Wildman–Crippen MR) is 45.6 cm³/mol. The molecule has 0 aliphatic carbocycles. The number of hydrogen-bond acceptors (Lipinski definition) is 4. The third kappa shape index (κ3) is 3.83. The molecule has 0 aromatic carbocycles. The Labute approximate surface area is 78.2 Å². The minimum absolute atomic E-state index is 0.0897. The van der Waals surface area contributed by atoms with Gasteiger partial charge in [-0.3, -0.25) is 0 Å². The van der Waals surface area contributed by atoms with Gasteiger partial charge in [-0.2, -0.15) is 0 Å². The normalized spacial score (nSPS) is 11.9. The molecule has 0 saturated heterocycles. The maximum Gasteiger partial charge on any atom is 0.335 e. The summed E-state index contributed by atoms with van der Waals surface area (Å²) in [6.45, 7) is 1.98. The Morgan fingerprint density at radius 1 is 1.31 bits per heavy atom. The minimum atomic E-state index is -0.597. The molecule has 0 amide bonds. The number of unbranched alkanes of at least 4 members (excludes halogenated alkanes) is 1. The zero-order valence-corrected chi connectivity index (χ0v) is 8.25. The van der Waals surface area contributed by atoms with Crippen LogP contribution in [-0.2, 0) is 14.3 Å². The average molecular weight is 187 g/mol. The quantitative estimate of drug-likeness (QED) is 0.358. The highest BCUT2D eigenvalue weighted by Crippen LogP contribution is 2.11. The number of carbonyl (C=O) groups excluding carboxylic acids is 1. The van der Waals surface area contributed by atoms with Crippen LogP contribution >= 0.6 is 0 Å². The number of methoxy groups -OCH3 is 2. The highest BCUT2D eigenvalue weighted by molar-refractivity contribution is 5.88. The van der Waals surface area contributed by atoms with E-state index in [1.165, 1.54) is 14.2 Å². The Kier molecular flexibility index (Phi) is 5.76. The monoisotopic (exact) mass is 187 g/mol. The summed E-state index contributed by atoms with van der Waals surface area (Å²) in [4.78, 5) is 11.1. The third-order valence-electron chi connectivity index (χ3n) is 1.64. The second-order valence-electron chi connectivity index (χ2n) is 2.57. The van der Waals surface area contributed by atoms with Gasteiger partial charge in [-0.25, -0.2) is 4.79 Å². The van der Waals surface area contributed by atoms with E-state index < -0.39 is 11.9 Å². The second kappa shape index (κ2) is 6.34. The van der Waals surface area contributed by atoms with E-state index in [0.29, 0.717) is 6.42 Å². The van der Waals surface area contributed by atoms with E-state index in [2.05, 4.69) is 9.47 Å². The van der Waals surface area contributed by atoms with Gasteiger partial charge in [0.1, 0.15) is 0 Å². The van der Waals surface area contributed by atoms with Crippen LogP contribution in [0.1, 0.15) is 26.2 Å². The lowest BCUT2D eigenvalue weighted by Gasteiger charge is -2.14. The van der Waals surface area contributed by atoms with E-state index >= 15 is 0 Å². The van der Waals surface area contributed by atoms with Crippen molar-refractivity contribution in [3.63, 3.8) is 0 Å². The molecule has 0 radical (unpaired) electrons. The SMILES string of the molecule is CCCC/C(C(=O)OC)=C(/[O-])OC. The molecule has 0 aromatic heterocycles. The van der Waals surface area contributed by atoms with Crippen LogP contribution in [0.25, 0.3) is 0 Å². The smallest absolute Gasteiger partial charge is 0.335 e. The van der Waals surface area contributed by atoms with Crippen LogP contribution in [0.5, 0.6) is 0 Å². The van der Waals surface area contributed by atoms with Crippen LogP contribution in [0.4, 0.5) is 0 Å². The topological polar surface area (TPSA) is 58.6 Å². The van der Waals surface area contributed by atoms with E-state index in [9.17, 15) is 9.90 Å². The molecule has 0 rings (SSSR count). The summed E-state index contributed by atoms with van der Waals surface area (Å²) in [6, 6.07) is 0. The summed E-state index contributed by atoms with van der Waals surface area (Å²) in [5.41, 5.74) is 0.0897. The van der Waals surface area contributed by atoms with Gasteiger partial charge in [0.25, 0.3) is 0 Å². The van der Waals surface area contributed by atoms with Crippen LogP contribution < -0.4 is 5.11 Å². The molecular formula is C9H15O4-. The van der Waals surface area contributed by atoms with Gasteiger partial charge >= 0.3 is 5.97 Å². The fourth-order valence-corrected chi connectivity index (χ4v) is 0.887. The Hall–Kier alpha value is -1.19. The highest BCUT2D eigenvalue weighted by atomic mass is 16.6. The lowest BCUT2D eigenvalue weighted by Crippen LogP contribution is -2.16. The van der Waals surface area contributed by atoms with Crippen LogP contribution in [0.15, 0.2) is 11.5 Å². The zero-order chi connectivity index (χ0) is 10.3. The van der Waals surface area contributed by atoms with Crippen molar-refractivity contribution in [1.82, 2.24) is 0 Å². The van der Waals surface area contributed by atoms with Crippen molar-refractivity contribution in [3.8, 4) is 0 Å². The van der Waals surface area contributed by atoms with Crippen LogP contribution in [-0.4, -0.2) is 20.2 Å². The molecule has 0 aromatic rings. The molecule has 0 aliphatic heterocycles. The lowest BCUT2D eigenvalue weighted by molar-refractivity contribution is -0.355. The van der Waals surface area contributed by atoms with Crippen LogP contribution in [0.3, 0.4) is 0 Å². The molecule has 0 N–H and O–H groups in total. The number of rotatable bonds is 5. The standard InChI is InChI=1S/C9H16O4/c1-4-5-6-7(8(10)12-2)9(11)13-3/h10H,4-6H2,1-3H3/p-1/b8-7+. The first-order valence-electron chi connectivity index (χ1n) is 4.19. The molecule has 0 unspecified atom stereocenters. The average Bonchev–Trinajstić information content (AvgIpc) is 2.17. The van der Waals surface area contributed by atoms with Crippen LogP contribution in [0, 0.1) is 0 Å². The fourth-order valence-electron chi connectivity index (χ4n) is 0.887. The summed E-state index contributed by atoms with van der Waals surface area (Å²) >= 11 is 0. The van der Waals surface area contributed by atoms with Crippen molar-refractivity contribution < 1.29 is 19.4 Å². The maximum absolute atomic E-state index is 11.1. The summed E-state index contributed by atoms with van der Waals surface area (Å²) in [5, 5.41) is 11.1. The van der Waals surface area contributed by atoms with E-state index in [1.54, 1.807) is 0 Å². The molecule has 0 atom stereocenters. The van der Waals surface area contributed by atoms with Crippen molar-refractivity contribution in [2.45, 2.75) is 26.2 Å². The largest absolute Gasteiger partial charge is 0.616 e. The summed E-state index contributed by atoms with van der Waals surface area (Å²) in [5.74, 6) is -1.19. The predicted octanol–water partition coefficient (Wildman–Crippen LogP) is 0.568. The first kappa shape index (κ1) is 11.8. The molecule has 13 heavy (non-hydrogen) atoms. The van der Waals surface area contributed by atoms with Crippen molar-refractivity contribution in [2.75, 3.05) is 14.2 Å². The van der Waals surface area contributed by atoms with E-state index in [1.807, 2.05) is 6.92 Å². The van der Waals surface area contributed by atoms with Gasteiger partial charge < -0.3 is 14.6 Å². The van der Waals surface area contributed by atoms with E-state index in [-0.39, 0.29) is 5.57 Å². The Balaban J connectivity index is 4.45. The number of carbonyl (C=O) groups is 1. The molecule has 4 heteroatoms. The molecule has 0 fully saturated rings. The second-order valence-corrected chi connectivity index (χ2v) is 2.57. The number of esters is 1. The van der Waals surface area contributed by atoms with Crippen molar-refractivity contribution in [3.05, 3.63) is 11.5 Å². The van der Waals surface area contributed by atoms with Gasteiger partial charge in [-0.05, 0) is 20.0 Å². The van der Waals surface area contributed by atoms with E-state index in [0.717, 1.165) is 12.8 Å². The molecule has 0 saturated carbocycles. The molecular weight excluding hydrogens is 172 g/mol. The lowest BCUT2D eigenvalue weighted by atomic mass is 10.1. The third-order valence-corrected chi connectivity index (χ3v) is 1.64. The maximum atomic E-state index is 11.1. The zero-order valence-electron chi connectivity index (χ0n) is 8.25. The first-order chi connectivity index (χ1) is 6.17. The minimum Gasteiger partial charge on any atom is -0.616 e. The first-order valence-corrected chi connectivity index (χ1v) is 4.19. The van der Waals surface area contributed by atoms with E-state index in [4.69, 9.17) is 0 Å². The van der Waals surface area contributed by atoms with Gasteiger partial charge in [0.2, 0.25) is 0 Å². The van der Waals surface area contributed by atoms with Crippen LogP contribution in [0.2, 0.25) is 0 Å². The highest BCUT2D eigenvalue weighted by Gasteiger charge is 2.10. The van der Waals surface area contributed by atoms with Gasteiger partial charge in [0.05, 0.1) is 18.6 Å². The molecule has 0 spiro atoms. The Morgan fingerprint density at radius 3 is 2.31 bits per heavy atom. The fraction of sp³-hybridized carbons (Fsp3) is 0.667. The van der Waals surface area contributed by atoms with Gasteiger partial charge in [0.15, 0.2) is 0 Å². The summed E-state index contributed by atoms with van der Waals surface area (Å²) < 4.78 is 8.91. The Bertz CT molecular complexity index is 196. The van der Waals surface area contributed by atoms with Gasteiger partial charge in [0, 0.05) is 0 Å². The van der Waals surface area contributed by atoms with Crippen molar-refractivity contribution in [2.24, 2.45) is 0 Å². The number of ether oxygens (including phenoxy) is 2. The van der Waals surface area contributed by atoms with Crippen molar-refractivity contribution in [1.29, 1.82) is 0 Å². The summed E-state index contributed by atoms with van der Waals surface area (Å²) in [7, 11) is 2.49. The van der Waals surface area contributed by atoms with Crippen molar-refractivity contribution >= 4 is 5.97 Å². The van der Waals surface area contributed by atoms with Gasteiger partial charge in [-0.1, -0.05) is 13.3 Å². The van der Waals surface area contributed by atoms with Gasteiger partial charge in [-0.15, -0.1) is 0 Å². The Morgan fingerprint density at radius 2 is 1.92 bits per heavy atom. The molecule has 4 nitrogen and oxygen atoms in total. The molecule has 76 valence electrons. The number of hydrogen-bond donors (Lipinski definition) is 0. The molecule has 0 heterocycles.